The fraction of sp³-hybridized carbons (Fsp3) is 0.500. The molecule has 150 valence electrons. The Bertz CT molecular complexity index is 835. The minimum Gasteiger partial charge on any atom is -0.494 e. The zero-order valence-corrected chi connectivity index (χ0v) is 17.3. The molecule has 1 saturated heterocycles. The SMILES string of the molecule is CCCN(C1CCNCC1)S(=O)(=O)c1cnn(-c2ccccc2OC)c1.Cl. The van der Waals surface area contributed by atoms with Gasteiger partial charge in [0.1, 0.15) is 16.3 Å². The third kappa shape index (κ3) is 4.63. The number of aromatic nitrogens is 2. The smallest absolute Gasteiger partial charge is 0.246 e. The molecule has 0 bridgehead atoms. The molecule has 1 fully saturated rings. The largest absolute Gasteiger partial charge is 0.494 e. The van der Waals surface area contributed by atoms with E-state index in [2.05, 4.69) is 10.4 Å². The predicted molar refractivity (Wildman–Crippen MR) is 107 cm³/mol. The van der Waals surface area contributed by atoms with Crippen LogP contribution in [0.2, 0.25) is 0 Å². The molecule has 0 saturated carbocycles. The highest BCUT2D eigenvalue weighted by atomic mass is 35.5. The topological polar surface area (TPSA) is 76.5 Å². The van der Waals surface area contributed by atoms with Crippen LogP contribution in [0.1, 0.15) is 26.2 Å². The van der Waals surface area contributed by atoms with Gasteiger partial charge in [0.25, 0.3) is 0 Å². The second-order valence-electron chi connectivity index (χ2n) is 6.39. The maximum absolute atomic E-state index is 13.2. The van der Waals surface area contributed by atoms with Crippen molar-refractivity contribution in [2.45, 2.75) is 37.1 Å². The molecule has 0 radical (unpaired) electrons. The molecule has 0 amide bonds. The van der Waals surface area contributed by atoms with Crippen molar-refractivity contribution < 1.29 is 13.2 Å². The summed E-state index contributed by atoms with van der Waals surface area (Å²) in [5.74, 6) is 0.642. The maximum atomic E-state index is 13.2. The Hall–Kier alpha value is -1.61. The molecule has 1 aromatic carbocycles. The van der Waals surface area contributed by atoms with Crippen molar-refractivity contribution in [1.82, 2.24) is 19.4 Å². The molecule has 2 aromatic rings. The zero-order chi connectivity index (χ0) is 18.6. The Kier molecular flexibility index (Phi) is 7.67. The molecule has 0 spiro atoms. The second kappa shape index (κ2) is 9.54. The fourth-order valence-electron chi connectivity index (χ4n) is 3.34. The Labute approximate surface area is 167 Å². The van der Waals surface area contributed by atoms with Gasteiger partial charge < -0.3 is 10.1 Å². The van der Waals surface area contributed by atoms with Gasteiger partial charge in [0.2, 0.25) is 10.0 Å². The molecule has 1 aliphatic heterocycles. The molecule has 1 aromatic heterocycles. The lowest BCUT2D eigenvalue weighted by Gasteiger charge is -2.33. The third-order valence-electron chi connectivity index (χ3n) is 4.66. The molecule has 27 heavy (non-hydrogen) atoms. The summed E-state index contributed by atoms with van der Waals surface area (Å²) in [4.78, 5) is 0.218. The molecule has 0 aliphatic carbocycles. The Morgan fingerprint density at radius 1 is 1.30 bits per heavy atom. The van der Waals surface area contributed by atoms with E-state index >= 15 is 0 Å². The van der Waals surface area contributed by atoms with Crippen molar-refractivity contribution in [2.75, 3.05) is 26.7 Å². The van der Waals surface area contributed by atoms with Gasteiger partial charge >= 0.3 is 0 Å². The van der Waals surface area contributed by atoms with Crippen molar-refractivity contribution in [3.05, 3.63) is 36.7 Å². The summed E-state index contributed by atoms with van der Waals surface area (Å²) in [7, 11) is -2.00. The van der Waals surface area contributed by atoms with Crippen LogP contribution in [-0.2, 0) is 10.0 Å². The average Bonchev–Trinajstić information content (AvgIpc) is 3.17. The minimum atomic E-state index is -3.59. The summed E-state index contributed by atoms with van der Waals surface area (Å²) in [5, 5.41) is 7.56. The van der Waals surface area contributed by atoms with Crippen molar-refractivity contribution >= 4 is 22.4 Å². The lowest BCUT2D eigenvalue weighted by molar-refractivity contribution is 0.262. The first kappa shape index (κ1) is 21.7. The maximum Gasteiger partial charge on any atom is 0.246 e. The Morgan fingerprint density at radius 2 is 2.00 bits per heavy atom. The Balaban J connectivity index is 0.00000261. The van der Waals surface area contributed by atoms with Crippen LogP contribution in [-0.4, -0.2) is 55.3 Å². The monoisotopic (exact) mass is 414 g/mol. The first-order valence-electron chi connectivity index (χ1n) is 8.98. The number of sulfonamides is 1. The normalized spacial score (nSPS) is 15.5. The fourth-order valence-corrected chi connectivity index (χ4v) is 5.05. The van der Waals surface area contributed by atoms with Crippen LogP contribution in [0.25, 0.3) is 5.69 Å². The number of hydrogen-bond acceptors (Lipinski definition) is 5. The number of piperidine rings is 1. The van der Waals surface area contributed by atoms with Gasteiger partial charge in [-0.15, -0.1) is 12.4 Å². The van der Waals surface area contributed by atoms with E-state index in [1.165, 1.54) is 6.20 Å². The van der Waals surface area contributed by atoms with Crippen LogP contribution >= 0.6 is 12.4 Å². The van der Waals surface area contributed by atoms with Gasteiger partial charge in [-0.25, -0.2) is 13.1 Å². The van der Waals surface area contributed by atoms with Crippen molar-refractivity contribution in [1.29, 1.82) is 0 Å². The molecule has 1 N–H and O–H groups in total. The van der Waals surface area contributed by atoms with Crippen LogP contribution in [0.4, 0.5) is 0 Å². The first-order valence-corrected chi connectivity index (χ1v) is 10.4. The lowest BCUT2D eigenvalue weighted by atomic mass is 10.1. The van der Waals surface area contributed by atoms with Gasteiger partial charge in [0, 0.05) is 12.6 Å². The molecule has 3 rings (SSSR count). The highest BCUT2D eigenvalue weighted by molar-refractivity contribution is 7.89. The standard InChI is InChI=1S/C18H26N4O3S.ClH/c1-3-12-22(15-8-10-19-11-9-15)26(23,24)16-13-20-21(14-16)17-6-4-5-7-18(17)25-2;/h4-7,13-15,19H,3,8-12H2,1-2H3;1H. The predicted octanol–water partition coefficient (Wildman–Crippen LogP) is 2.46. The van der Waals surface area contributed by atoms with Gasteiger partial charge in [-0.3, -0.25) is 0 Å². The van der Waals surface area contributed by atoms with Crippen LogP contribution in [0, 0.1) is 0 Å². The molecular weight excluding hydrogens is 388 g/mol. The Morgan fingerprint density at radius 3 is 2.67 bits per heavy atom. The van der Waals surface area contributed by atoms with Crippen molar-refractivity contribution in [3.63, 3.8) is 0 Å². The van der Waals surface area contributed by atoms with Crippen molar-refractivity contribution in [2.24, 2.45) is 0 Å². The summed E-state index contributed by atoms with van der Waals surface area (Å²) in [6.07, 6.45) is 5.44. The highest BCUT2D eigenvalue weighted by Crippen LogP contribution is 2.26. The molecule has 7 nitrogen and oxygen atoms in total. The van der Waals surface area contributed by atoms with Crippen LogP contribution in [0.5, 0.6) is 5.75 Å². The summed E-state index contributed by atoms with van der Waals surface area (Å²) in [6.45, 7) is 4.22. The molecule has 0 atom stereocenters. The minimum absolute atomic E-state index is 0. The quantitative estimate of drug-likeness (QED) is 0.753. The van der Waals surface area contributed by atoms with Gasteiger partial charge in [0.05, 0.1) is 19.5 Å². The zero-order valence-electron chi connectivity index (χ0n) is 15.7. The number of para-hydroxylation sites is 2. The van der Waals surface area contributed by atoms with E-state index in [1.54, 1.807) is 22.3 Å². The first-order chi connectivity index (χ1) is 12.6. The van der Waals surface area contributed by atoms with E-state index in [1.807, 2.05) is 31.2 Å². The number of ether oxygens (including phenoxy) is 1. The summed E-state index contributed by atoms with van der Waals surface area (Å²) < 4.78 is 35.0. The van der Waals surface area contributed by atoms with Crippen LogP contribution in [0.15, 0.2) is 41.6 Å². The lowest BCUT2D eigenvalue weighted by Crippen LogP contribution is -2.46. The molecule has 2 heterocycles. The van der Waals surface area contributed by atoms with Crippen molar-refractivity contribution in [3.8, 4) is 11.4 Å². The van der Waals surface area contributed by atoms with Gasteiger partial charge in [-0.1, -0.05) is 19.1 Å². The highest BCUT2D eigenvalue weighted by Gasteiger charge is 2.32. The number of rotatable bonds is 7. The number of benzene rings is 1. The number of methoxy groups -OCH3 is 1. The van der Waals surface area contributed by atoms with E-state index < -0.39 is 10.0 Å². The average molecular weight is 415 g/mol. The van der Waals surface area contributed by atoms with Crippen LogP contribution < -0.4 is 10.1 Å². The number of hydrogen-bond donors (Lipinski definition) is 1. The summed E-state index contributed by atoms with van der Waals surface area (Å²) >= 11 is 0. The molecule has 0 unspecified atom stereocenters. The van der Waals surface area contributed by atoms with E-state index in [9.17, 15) is 8.42 Å². The van der Waals surface area contributed by atoms with E-state index in [-0.39, 0.29) is 23.3 Å². The summed E-state index contributed by atoms with van der Waals surface area (Å²) in [5.41, 5.74) is 0.709. The van der Waals surface area contributed by atoms with Crippen LogP contribution in [0.3, 0.4) is 0 Å². The third-order valence-corrected chi connectivity index (χ3v) is 6.56. The van der Waals surface area contributed by atoms with E-state index in [0.717, 1.165) is 32.4 Å². The summed E-state index contributed by atoms with van der Waals surface area (Å²) in [6, 6.07) is 7.44. The number of nitrogens with zero attached hydrogens (tertiary/aromatic N) is 3. The number of halogens is 1. The van der Waals surface area contributed by atoms with E-state index in [4.69, 9.17) is 4.74 Å². The second-order valence-corrected chi connectivity index (χ2v) is 8.28. The van der Waals surface area contributed by atoms with E-state index in [0.29, 0.717) is 18.0 Å². The molecular formula is C18H27ClN4O3S. The van der Waals surface area contributed by atoms with Gasteiger partial charge in [0.15, 0.2) is 0 Å². The molecule has 9 heteroatoms. The molecule has 1 aliphatic rings. The van der Waals surface area contributed by atoms with Gasteiger partial charge in [-0.05, 0) is 44.5 Å². The number of nitrogens with one attached hydrogen (secondary N) is 1. The van der Waals surface area contributed by atoms with Gasteiger partial charge in [-0.2, -0.15) is 9.40 Å².